The summed E-state index contributed by atoms with van der Waals surface area (Å²) in [7, 11) is 3.26. The second-order valence-corrected chi connectivity index (χ2v) is 4.84. The molecule has 0 saturated carbocycles. The van der Waals surface area contributed by atoms with Crippen molar-refractivity contribution in [3.8, 4) is 10.9 Å². The molecule has 0 N–H and O–H groups in total. The summed E-state index contributed by atoms with van der Waals surface area (Å²) in [5, 5.41) is 1.35. The number of ether oxygens (including phenoxy) is 2. The largest absolute Gasteiger partial charge is 0.497 e. The normalized spacial score (nSPS) is 10.2. The maximum atomic E-state index is 5.10. The van der Waals surface area contributed by atoms with Crippen molar-refractivity contribution in [1.82, 2.24) is 9.36 Å². The Labute approximate surface area is 108 Å². The monoisotopic (exact) mass is 268 g/mol. The average Bonchev–Trinajstić information content (AvgIpc) is 2.85. The number of rotatable bonds is 5. The van der Waals surface area contributed by atoms with Crippen LogP contribution in [0, 0.1) is 0 Å². The van der Waals surface area contributed by atoms with Crippen LogP contribution in [-0.2, 0) is 5.75 Å². The summed E-state index contributed by atoms with van der Waals surface area (Å²) in [5.74, 6) is 1.70. The van der Waals surface area contributed by atoms with Crippen LogP contribution in [0.2, 0.25) is 0 Å². The van der Waals surface area contributed by atoms with Gasteiger partial charge in [-0.1, -0.05) is 23.9 Å². The SMILES string of the molecule is COc1ccc(CSc2nsc(OC)n2)cc1. The summed E-state index contributed by atoms with van der Waals surface area (Å²) in [6.45, 7) is 0. The minimum Gasteiger partial charge on any atom is -0.497 e. The first-order chi connectivity index (χ1) is 8.31. The maximum Gasteiger partial charge on any atom is 0.293 e. The minimum absolute atomic E-state index is 0.599. The lowest BCUT2D eigenvalue weighted by Gasteiger charge is -2.01. The lowest BCUT2D eigenvalue weighted by Crippen LogP contribution is -1.85. The van der Waals surface area contributed by atoms with Crippen molar-refractivity contribution in [1.29, 1.82) is 0 Å². The third kappa shape index (κ3) is 3.34. The van der Waals surface area contributed by atoms with E-state index in [1.807, 2.05) is 24.3 Å². The van der Waals surface area contributed by atoms with Crippen molar-refractivity contribution in [2.24, 2.45) is 0 Å². The Morgan fingerprint density at radius 2 is 1.94 bits per heavy atom. The van der Waals surface area contributed by atoms with Gasteiger partial charge in [-0.3, -0.25) is 0 Å². The fourth-order valence-electron chi connectivity index (χ4n) is 1.21. The van der Waals surface area contributed by atoms with E-state index in [-0.39, 0.29) is 0 Å². The molecule has 0 aliphatic rings. The highest BCUT2D eigenvalue weighted by atomic mass is 32.2. The van der Waals surface area contributed by atoms with Crippen LogP contribution in [0.15, 0.2) is 29.4 Å². The standard InChI is InChI=1S/C11H12N2O2S2/c1-14-9-5-3-8(4-6-9)7-16-10-12-11(15-2)17-13-10/h3-6H,7H2,1-2H3. The van der Waals surface area contributed by atoms with Crippen LogP contribution >= 0.6 is 23.3 Å². The van der Waals surface area contributed by atoms with Crippen LogP contribution in [0.1, 0.15) is 5.56 Å². The number of hydrogen-bond acceptors (Lipinski definition) is 6. The molecule has 2 rings (SSSR count). The number of aromatic nitrogens is 2. The van der Waals surface area contributed by atoms with E-state index < -0.39 is 0 Å². The number of thioether (sulfide) groups is 1. The maximum absolute atomic E-state index is 5.10. The highest BCUT2D eigenvalue weighted by molar-refractivity contribution is 7.98. The molecule has 0 atom stereocenters. The summed E-state index contributed by atoms with van der Waals surface area (Å²) in [4.78, 5) is 4.20. The highest BCUT2D eigenvalue weighted by Gasteiger charge is 2.04. The van der Waals surface area contributed by atoms with Crippen molar-refractivity contribution < 1.29 is 9.47 Å². The number of benzene rings is 1. The molecule has 0 bridgehead atoms. The van der Waals surface area contributed by atoms with E-state index in [2.05, 4.69) is 9.36 Å². The van der Waals surface area contributed by atoms with Gasteiger partial charge in [0.2, 0.25) is 5.16 Å². The Hall–Kier alpha value is -1.27. The zero-order valence-corrected chi connectivity index (χ0v) is 11.2. The van der Waals surface area contributed by atoms with Crippen molar-refractivity contribution in [3.05, 3.63) is 29.8 Å². The summed E-state index contributed by atoms with van der Waals surface area (Å²) in [6.07, 6.45) is 0. The Balaban J connectivity index is 1.92. The van der Waals surface area contributed by atoms with E-state index in [1.54, 1.807) is 26.0 Å². The zero-order chi connectivity index (χ0) is 12.1. The molecule has 0 amide bonds. The van der Waals surface area contributed by atoms with Crippen LogP contribution in [0.25, 0.3) is 0 Å². The molecule has 1 heterocycles. The second kappa shape index (κ2) is 5.88. The molecule has 6 heteroatoms. The van der Waals surface area contributed by atoms with E-state index in [1.165, 1.54) is 17.1 Å². The third-order valence-corrected chi connectivity index (χ3v) is 3.80. The molecule has 1 aromatic carbocycles. The Kier molecular flexibility index (Phi) is 4.22. The minimum atomic E-state index is 0.599. The van der Waals surface area contributed by atoms with Gasteiger partial charge in [0.05, 0.1) is 14.2 Å². The number of methoxy groups -OCH3 is 2. The summed E-state index contributed by atoms with van der Waals surface area (Å²) in [6, 6.07) is 7.97. The van der Waals surface area contributed by atoms with Gasteiger partial charge in [0, 0.05) is 17.3 Å². The smallest absolute Gasteiger partial charge is 0.293 e. The molecule has 0 fully saturated rings. The molecule has 0 aliphatic heterocycles. The van der Waals surface area contributed by atoms with E-state index in [0.29, 0.717) is 5.19 Å². The van der Waals surface area contributed by atoms with Gasteiger partial charge >= 0.3 is 0 Å². The first-order valence-corrected chi connectivity index (χ1v) is 6.71. The number of hydrogen-bond donors (Lipinski definition) is 0. The van der Waals surface area contributed by atoms with Gasteiger partial charge in [-0.25, -0.2) is 0 Å². The van der Waals surface area contributed by atoms with Gasteiger partial charge in [0.1, 0.15) is 5.75 Å². The van der Waals surface area contributed by atoms with Gasteiger partial charge in [-0.05, 0) is 17.7 Å². The van der Waals surface area contributed by atoms with E-state index in [9.17, 15) is 0 Å². The second-order valence-electron chi connectivity index (χ2n) is 3.18. The first-order valence-electron chi connectivity index (χ1n) is 4.95. The van der Waals surface area contributed by atoms with Gasteiger partial charge in [0.25, 0.3) is 5.19 Å². The molecule has 0 aliphatic carbocycles. The molecule has 17 heavy (non-hydrogen) atoms. The molecule has 0 saturated heterocycles. The quantitative estimate of drug-likeness (QED) is 0.780. The molecule has 0 unspecified atom stereocenters. The Morgan fingerprint density at radius 3 is 2.53 bits per heavy atom. The average molecular weight is 268 g/mol. The fourth-order valence-corrected chi connectivity index (χ4v) is 2.62. The van der Waals surface area contributed by atoms with Crippen LogP contribution in [0.5, 0.6) is 10.9 Å². The van der Waals surface area contributed by atoms with Crippen molar-refractivity contribution in [3.63, 3.8) is 0 Å². The lowest BCUT2D eigenvalue weighted by molar-refractivity contribution is 0.409. The van der Waals surface area contributed by atoms with Crippen LogP contribution in [0.3, 0.4) is 0 Å². The molecular formula is C11H12N2O2S2. The molecule has 0 radical (unpaired) electrons. The van der Waals surface area contributed by atoms with E-state index in [0.717, 1.165) is 16.7 Å². The van der Waals surface area contributed by atoms with Crippen LogP contribution in [0.4, 0.5) is 0 Å². The van der Waals surface area contributed by atoms with Crippen LogP contribution < -0.4 is 9.47 Å². The molecular weight excluding hydrogens is 256 g/mol. The van der Waals surface area contributed by atoms with E-state index in [4.69, 9.17) is 9.47 Å². The summed E-state index contributed by atoms with van der Waals surface area (Å²) >= 11 is 2.86. The summed E-state index contributed by atoms with van der Waals surface area (Å²) in [5.41, 5.74) is 1.21. The van der Waals surface area contributed by atoms with E-state index >= 15 is 0 Å². The van der Waals surface area contributed by atoms with Gasteiger partial charge in [-0.15, -0.1) is 0 Å². The van der Waals surface area contributed by atoms with Crippen LogP contribution in [-0.4, -0.2) is 23.6 Å². The predicted molar refractivity (Wildman–Crippen MR) is 69.0 cm³/mol. The zero-order valence-electron chi connectivity index (χ0n) is 9.54. The van der Waals surface area contributed by atoms with Crippen molar-refractivity contribution in [2.75, 3.05) is 14.2 Å². The molecule has 0 spiro atoms. The first kappa shape index (κ1) is 12.2. The fraction of sp³-hybridized carbons (Fsp3) is 0.273. The van der Waals surface area contributed by atoms with Gasteiger partial charge in [0.15, 0.2) is 0 Å². The lowest BCUT2D eigenvalue weighted by atomic mass is 10.2. The third-order valence-electron chi connectivity index (χ3n) is 2.09. The molecule has 2 aromatic rings. The van der Waals surface area contributed by atoms with Gasteiger partial charge < -0.3 is 9.47 Å². The Morgan fingerprint density at radius 1 is 1.18 bits per heavy atom. The predicted octanol–water partition coefficient (Wildman–Crippen LogP) is 2.85. The van der Waals surface area contributed by atoms with Crippen molar-refractivity contribution in [2.45, 2.75) is 10.9 Å². The highest BCUT2D eigenvalue weighted by Crippen LogP contribution is 2.25. The van der Waals surface area contributed by atoms with Crippen molar-refractivity contribution >= 4 is 23.3 Å². The molecule has 1 aromatic heterocycles. The number of nitrogens with zero attached hydrogens (tertiary/aromatic N) is 2. The molecule has 90 valence electrons. The topological polar surface area (TPSA) is 44.2 Å². The summed E-state index contributed by atoms with van der Waals surface area (Å²) < 4.78 is 14.3. The van der Waals surface area contributed by atoms with Gasteiger partial charge in [-0.2, -0.15) is 9.36 Å². The molecule has 4 nitrogen and oxygen atoms in total. The Bertz CT molecular complexity index is 471.